The molecule has 0 fully saturated rings. The zero-order valence-electron chi connectivity index (χ0n) is 16.7. The molecule has 0 aromatic heterocycles. The molecular weight excluding hydrogens is 428 g/mol. The number of rotatable bonds is 9. The normalized spacial score (nSPS) is 12.4. The third kappa shape index (κ3) is 6.81. The van der Waals surface area contributed by atoms with E-state index in [4.69, 9.17) is 17.4 Å². The molecule has 0 aliphatic carbocycles. The summed E-state index contributed by atoms with van der Waals surface area (Å²) in [6.45, 7) is 3.97. The maximum absolute atomic E-state index is 12.6. The van der Waals surface area contributed by atoms with Gasteiger partial charge in [-0.15, -0.1) is 0 Å². The Kier molecular flexibility index (Phi) is 8.36. The Bertz CT molecular complexity index is 977. The van der Waals surface area contributed by atoms with Crippen LogP contribution in [0.2, 0.25) is 5.02 Å². The van der Waals surface area contributed by atoms with Gasteiger partial charge in [0.25, 0.3) is 11.8 Å². The first-order chi connectivity index (χ1) is 14.1. The third-order valence-corrected chi connectivity index (χ3v) is 6.00. The molecule has 2 aromatic rings. The molecule has 0 spiro atoms. The van der Waals surface area contributed by atoms with Crippen LogP contribution in [0, 0.1) is 5.92 Å². The number of carbonyl (C=O) groups excluding carboxylic acids is 2. The number of nitrogens with one attached hydrogen (secondary N) is 3. The van der Waals surface area contributed by atoms with Gasteiger partial charge in [-0.25, -0.2) is 14.3 Å². The van der Waals surface area contributed by atoms with Crippen LogP contribution >= 0.6 is 11.6 Å². The summed E-state index contributed by atoms with van der Waals surface area (Å²) in [5.41, 5.74) is 3.17. The molecule has 10 heteroatoms. The quantitative estimate of drug-likeness (QED) is 0.262. The van der Waals surface area contributed by atoms with Gasteiger partial charge in [0.05, 0.1) is 4.90 Å². The Morgan fingerprint density at radius 2 is 1.63 bits per heavy atom. The molecule has 5 N–H and O–H groups in total. The molecule has 0 bridgehead atoms. The first-order valence-corrected chi connectivity index (χ1v) is 11.1. The fraction of sp³-hybridized carbons (Fsp3) is 0.300. The van der Waals surface area contributed by atoms with Gasteiger partial charge in [-0.1, -0.05) is 37.6 Å². The van der Waals surface area contributed by atoms with Crippen molar-refractivity contribution >= 4 is 33.4 Å². The SMILES string of the molecule is CC(C)CC(NS(=O)(=O)c1ccc(CNC(=O)c2ccc(Cl)cc2)cc1)C(=O)NN. The van der Waals surface area contributed by atoms with Crippen molar-refractivity contribution in [2.45, 2.75) is 37.8 Å². The summed E-state index contributed by atoms with van der Waals surface area (Å²) in [7, 11) is -3.92. The van der Waals surface area contributed by atoms with Gasteiger partial charge in [0.2, 0.25) is 10.0 Å². The van der Waals surface area contributed by atoms with Gasteiger partial charge in [0, 0.05) is 17.1 Å². The van der Waals surface area contributed by atoms with Crippen LogP contribution in [-0.4, -0.2) is 26.3 Å². The molecule has 2 aromatic carbocycles. The maximum Gasteiger partial charge on any atom is 0.252 e. The largest absolute Gasteiger partial charge is 0.348 e. The van der Waals surface area contributed by atoms with Crippen LogP contribution in [0.25, 0.3) is 0 Å². The number of carbonyl (C=O) groups is 2. The number of benzene rings is 2. The topological polar surface area (TPSA) is 130 Å². The Morgan fingerprint density at radius 3 is 2.17 bits per heavy atom. The number of hydrogen-bond acceptors (Lipinski definition) is 5. The molecule has 162 valence electrons. The molecule has 0 saturated heterocycles. The number of halogens is 1. The molecule has 0 radical (unpaired) electrons. The van der Waals surface area contributed by atoms with E-state index in [2.05, 4.69) is 10.0 Å². The summed E-state index contributed by atoms with van der Waals surface area (Å²) in [5.74, 6) is 4.37. The lowest BCUT2D eigenvalue weighted by atomic mass is 10.0. The van der Waals surface area contributed by atoms with Crippen LogP contribution in [-0.2, 0) is 21.4 Å². The summed E-state index contributed by atoms with van der Waals surface area (Å²) < 4.78 is 27.6. The van der Waals surface area contributed by atoms with Crippen molar-refractivity contribution in [2.75, 3.05) is 0 Å². The van der Waals surface area contributed by atoms with Gasteiger partial charge >= 0.3 is 0 Å². The van der Waals surface area contributed by atoms with Crippen molar-refractivity contribution in [2.24, 2.45) is 11.8 Å². The highest BCUT2D eigenvalue weighted by atomic mass is 35.5. The maximum atomic E-state index is 12.6. The van der Waals surface area contributed by atoms with Crippen LogP contribution < -0.4 is 21.3 Å². The van der Waals surface area contributed by atoms with Gasteiger partial charge in [-0.3, -0.25) is 15.0 Å². The van der Waals surface area contributed by atoms with Crippen molar-refractivity contribution in [3.8, 4) is 0 Å². The highest BCUT2D eigenvalue weighted by Gasteiger charge is 2.26. The summed E-state index contributed by atoms with van der Waals surface area (Å²) >= 11 is 5.81. The highest BCUT2D eigenvalue weighted by Crippen LogP contribution is 2.14. The number of sulfonamides is 1. The standard InChI is InChI=1S/C20H25ClN4O4S/c1-13(2)11-18(20(27)24-22)25-30(28,29)17-9-3-14(4-10-17)12-23-19(26)15-5-7-16(21)8-6-15/h3-10,13,18,25H,11-12,22H2,1-2H3,(H,23,26)(H,24,27). The van der Waals surface area contributed by atoms with Crippen LogP contribution in [0.3, 0.4) is 0 Å². The van der Waals surface area contributed by atoms with E-state index in [-0.39, 0.29) is 23.3 Å². The zero-order valence-corrected chi connectivity index (χ0v) is 18.3. The molecule has 2 amide bonds. The Morgan fingerprint density at radius 1 is 1.03 bits per heavy atom. The predicted octanol–water partition coefficient (Wildman–Crippen LogP) is 1.95. The first-order valence-electron chi connectivity index (χ1n) is 9.28. The first kappa shape index (κ1) is 23.8. The highest BCUT2D eigenvalue weighted by molar-refractivity contribution is 7.89. The molecule has 1 atom stereocenters. The minimum atomic E-state index is -3.92. The van der Waals surface area contributed by atoms with Crippen LogP contribution in [0.4, 0.5) is 0 Å². The van der Waals surface area contributed by atoms with Gasteiger partial charge in [0.15, 0.2) is 0 Å². The van der Waals surface area contributed by atoms with Crippen LogP contribution in [0.1, 0.15) is 36.2 Å². The monoisotopic (exact) mass is 452 g/mol. The minimum absolute atomic E-state index is 0.00820. The van der Waals surface area contributed by atoms with Crippen molar-refractivity contribution < 1.29 is 18.0 Å². The second-order valence-electron chi connectivity index (χ2n) is 7.15. The van der Waals surface area contributed by atoms with Crippen molar-refractivity contribution in [3.05, 3.63) is 64.7 Å². The number of nitrogens with two attached hydrogens (primary N) is 1. The fourth-order valence-corrected chi connectivity index (χ4v) is 4.04. The molecule has 0 aliphatic heterocycles. The fourth-order valence-electron chi connectivity index (χ4n) is 2.71. The molecule has 1 unspecified atom stereocenters. The Hall–Kier alpha value is -2.46. The minimum Gasteiger partial charge on any atom is -0.348 e. The lowest BCUT2D eigenvalue weighted by molar-refractivity contribution is -0.123. The number of hydrazine groups is 1. The van der Waals surface area contributed by atoms with Gasteiger partial charge in [-0.2, -0.15) is 4.72 Å². The van der Waals surface area contributed by atoms with E-state index >= 15 is 0 Å². The van der Waals surface area contributed by atoms with Crippen LogP contribution in [0.15, 0.2) is 53.4 Å². The van der Waals surface area contributed by atoms with E-state index in [1.54, 1.807) is 36.4 Å². The van der Waals surface area contributed by atoms with Gasteiger partial charge < -0.3 is 5.32 Å². The van der Waals surface area contributed by atoms with E-state index in [0.717, 1.165) is 5.56 Å². The van der Waals surface area contributed by atoms with Crippen molar-refractivity contribution in [1.29, 1.82) is 0 Å². The molecule has 30 heavy (non-hydrogen) atoms. The summed E-state index contributed by atoms with van der Waals surface area (Å²) in [6.07, 6.45) is 0.303. The second kappa shape index (κ2) is 10.5. The van der Waals surface area contributed by atoms with E-state index in [1.165, 1.54) is 12.1 Å². The van der Waals surface area contributed by atoms with Crippen molar-refractivity contribution in [3.63, 3.8) is 0 Å². The molecule has 2 rings (SSSR count). The molecule has 0 saturated carbocycles. The average molecular weight is 453 g/mol. The lowest BCUT2D eigenvalue weighted by Gasteiger charge is -2.19. The summed E-state index contributed by atoms with van der Waals surface area (Å²) in [4.78, 5) is 24.0. The summed E-state index contributed by atoms with van der Waals surface area (Å²) in [5, 5.41) is 3.29. The smallest absolute Gasteiger partial charge is 0.252 e. The molecule has 8 nitrogen and oxygen atoms in total. The van der Waals surface area contributed by atoms with Crippen LogP contribution in [0.5, 0.6) is 0 Å². The second-order valence-corrected chi connectivity index (χ2v) is 9.30. The third-order valence-electron chi connectivity index (χ3n) is 4.26. The summed E-state index contributed by atoms with van der Waals surface area (Å²) in [6, 6.07) is 11.5. The van der Waals surface area contributed by atoms with Gasteiger partial charge in [-0.05, 0) is 54.3 Å². The Labute approximate surface area is 181 Å². The predicted molar refractivity (Wildman–Crippen MR) is 115 cm³/mol. The van der Waals surface area contributed by atoms with E-state index in [1.807, 2.05) is 19.3 Å². The zero-order chi connectivity index (χ0) is 22.3. The Balaban J connectivity index is 2.03. The van der Waals surface area contributed by atoms with Gasteiger partial charge in [0.1, 0.15) is 6.04 Å². The number of amides is 2. The molecular formula is C20H25ClN4O4S. The molecule has 0 heterocycles. The van der Waals surface area contributed by atoms with E-state index < -0.39 is 22.0 Å². The van der Waals surface area contributed by atoms with E-state index in [9.17, 15) is 18.0 Å². The van der Waals surface area contributed by atoms with E-state index in [0.29, 0.717) is 17.0 Å². The average Bonchev–Trinajstić information content (AvgIpc) is 2.71. The van der Waals surface area contributed by atoms with Crippen molar-refractivity contribution in [1.82, 2.24) is 15.5 Å². The number of hydrogen-bond donors (Lipinski definition) is 4. The lowest BCUT2D eigenvalue weighted by Crippen LogP contribution is -2.49. The molecule has 0 aliphatic rings.